The minimum atomic E-state index is -8.45. The SMILES string of the molecule is COc1ccc(C=CC(=O)OCCOCCOCCOC(F)(F)C(F)(F)C(F)(F)C(F)(F)C(F)(F)C(F)(F)C(F)(F)CCC(F)(F)F)cc1. The van der Waals surface area contributed by atoms with Gasteiger partial charge in [-0.05, 0) is 23.8 Å². The fourth-order valence-corrected chi connectivity index (χ4v) is 3.23. The minimum absolute atomic E-state index is 0.270. The number of ether oxygens (including phenoxy) is 5. The van der Waals surface area contributed by atoms with Crippen LogP contribution in [0.4, 0.5) is 74.6 Å². The number of rotatable bonds is 21. The van der Waals surface area contributed by atoms with Crippen molar-refractivity contribution < 1.29 is 103 Å². The topological polar surface area (TPSA) is 63.2 Å². The van der Waals surface area contributed by atoms with Gasteiger partial charge in [-0.15, -0.1) is 0 Å². The summed E-state index contributed by atoms with van der Waals surface area (Å²) in [5.41, 5.74) is 0.623. The lowest BCUT2D eigenvalue weighted by Crippen LogP contribution is -2.73. The molecule has 0 fully saturated rings. The maximum absolute atomic E-state index is 13.9. The average molecular weight is 756 g/mol. The standard InChI is InChI=1S/C26H25F17O6/c1-45-17-5-2-16(3-6-17)4-7-18(44)48-14-12-46-10-11-47-13-15-49-26(42,43)25(40,41)24(38,39)23(36,37)22(34,35)21(32,33)19(27,28)8-9-20(29,30)31/h2-7H,8-15H2,1H3. The van der Waals surface area contributed by atoms with Gasteiger partial charge in [-0.2, -0.15) is 74.6 Å². The molecular formula is C26H25F17O6. The van der Waals surface area contributed by atoms with Gasteiger partial charge in [0.05, 0.1) is 40.1 Å². The second-order valence-electron chi connectivity index (χ2n) is 9.56. The van der Waals surface area contributed by atoms with Crippen LogP contribution in [0.15, 0.2) is 30.3 Å². The number of hydrogen-bond acceptors (Lipinski definition) is 6. The summed E-state index contributed by atoms with van der Waals surface area (Å²) >= 11 is 0. The third kappa shape index (κ3) is 10.5. The van der Waals surface area contributed by atoms with Crippen LogP contribution in [0.5, 0.6) is 5.75 Å². The Balaban J connectivity index is 2.63. The lowest BCUT2D eigenvalue weighted by molar-refractivity contribution is -0.466. The van der Waals surface area contributed by atoms with Gasteiger partial charge in [-0.25, -0.2) is 4.79 Å². The van der Waals surface area contributed by atoms with Crippen LogP contribution in [0.25, 0.3) is 6.08 Å². The van der Waals surface area contributed by atoms with E-state index >= 15 is 0 Å². The zero-order chi connectivity index (χ0) is 38.2. The first-order chi connectivity index (χ1) is 22.1. The molecule has 0 unspecified atom stereocenters. The van der Waals surface area contributed by atoms with Gasteiger partial charge in [0.15, 0.2) is 0 Å². The summed E-state index contributed by atoms with van der Waals surface area (Å²) in [4.78, 5) is 11.6. The second-order valence-corrected chi connectivity index (χ2v) is 9.56. The van der Waals surface area contributed by atoms with Crippen molar-refractivity contribution >= 4 is 12.0 Å². The molecule has 0 spiro atoms. The highest BCUT2D eigenvalue weighted by atomic mass is 19.4. The lowest BCUT2D eigenvalue weighted by Gasteiger charge is -2.42. The quantitative estimate of drug-likeness (QED) is 0.0548. The van der Waals surface area contributed by atoms with Gasteiger partial charge in [-0.3, -0.25) is 0 Å². The summed E-state index contributed by atoms with van der Waals surface area (Å²) in [6.45, 7) is -4.66. The van der Waals surface area contributed by atoms with Crippen LogP contribution in [-0.2, 0) is 23.7 Å². The summed E-state index contributed by atoms with van der Waals surface area (Å²) in [5, 5.41) is 0. The van der Waals surface area contributed by atoms with E-state index in [1.807, 2.05) is 0 Å². The summed E-state index contributed by atoms with van der Waals surface area (Å²) < 4.78 is 251. The molecule has 6 nitrogen and oxygen atoms in total. The Labute approximate surface area is 265 Å². The molecule has 0 aliphatic rings. The van der Waals surface area contributed by atoms with E-state index in [-0.39, 0.29) is 13.2 Å². The van der Waals surface area contributed by atoms with Crippen LogP contribution in [0.3, 0.4) is 0 Å². The molecular weight excluding hydrogens is 731 g/mol. The predicted octanol–water partition coefficient (Wildman–Crippen LogP) is 8.05. The number of methoxy groups -OCH3 is 1. The average Bonchev–Trinajstić information content (AvgIpc) is 2.99. The number of alkyl halides is 17. The van der Waals surface area contributed by atoms with Crippen LogP contribution < -0.4 is 4.74 Å². The zero-order valence-corrected chi connectivity index (χ0v) is 24.5. The molecule has 23 heteroatoms. The molecule has 0 radical (unpaired) electrons. The van der Waals surface area contributed by atoms with Crippen molar-refractivity contribution in [3.63, 3.8) is 0 Å². The van der Waals surface area contributed by atoms with Gasteiger partial charge in [-0.1, -0.05) is 12.1 Å². The van der Waals surface area contributed by atoms with E-state index in [1.54, 1.807) is 24.3 Å². The van der Waals surface area contributed by atoms with E-state index in [0.29, 0.717) is 11.3 Å². The molecule has 0 bridgehead atoms. The monoisotopic (exact) mass is 756 g/mol. The van der Waals surface area contributed by atoms with Gasteiger partial charge < -0.3 is 23.7 Å². The molecule has 284 valence electrons. The maximum atomic E-state index is 13.9. The Hall–Kier alpha value is -3.08. The molecule has 0 saturated heterocycles. The third-order valence-electron chi connectivity index (χ3n) is 6.01. The molecule has 0 amide bonds. The first-order valence-electron chi connectivity index (χ1n) is 13.1. The minimum Gasteiger partial charge on any atom is -0.497 e. The van der Waals surface area contributed by atoms with Crippen LogP contribution in [0.1, 0.15) is 18.4 Å². The Morgan fingerprint density at radius 3 is 1.53 bits per heavy atom. The largest absolute Gasteiger partial charge is 0.497 e. The van der Waals surface area contributed by atoms with E-state index in [1.165, 1.54) is 13.2 Å². The summed E-state index contributed by atoms with van der Waals surface area (Å²) in [5.74, 6) is -47.9. The van der Waals surface area contributed by atoms with Crippen molar-refractivity contribution in [2.45, 2.75) is 60.7 Å². The van der Waals surface area contributed by atoms with Gasteiger partial charge in [0, 0.05) is 18.9 Å². The van der Waals surface area contributed by atoms with Crippen molar-refractivity contribution in [3.05, 3.63) is 35.9 Å². The van der Waals surface area contributed by atoms with E-state index in [0.717, 1.165) is 6.08 Å². The molecule has 0 atom stereocenters. The molecule has 0 saturated carbocycles. The van der Waals surface area contributed by atoms with Gasteiger partial charge in [0.1, 0.15) is 12.4 Å². The summed E-state index contributed by atoms with van der Waals surface area (Å²) in [6.07, 6.45) is -16.6. The van der Waals surface area contributed by atoms with Crippen molar-refractivity contribution in [2.75, 3.05) is 46.8 Å². The van der Waals surface area contributed by atoms with E-state index in [9.17, 15) is 79.4 Å². The maximum Gasteiger partial charge on any atom is 0.426 e. The van der Waals surface area contributed by atoms with Crippen LogP contribution in [0.2, 0.25) is 0 Å². The molecule has 49 heavy (non-hydrogen) atoms. The molecule has 0 aromatic heterocycles. The Morgan fingerprint density at radius 2 is 1.04 bits per heavy atom. The van der Waals surface area contributed by atoms with Gasteiger partial charge in [0.2, 0.25) is 0 Å². The molecule has 0 heterocycles. The van der Waals surface area contributed by atoms with E-state index < -0.39 is 93.1 Å². The highest BCUT2D eigenvalue weighted by molar-refractivity contribution is 5.87. The van der Waals surface area contributed by atoms with Gasteiger partial charge >= 0.3 is 53.8 Å². The predicted molar refractivity (Wildman–Crippen MR) is 130 cm³/mol. The number of esters is 1. The van der Waals surface area contributed by atoms with Crippen LogP contribution in [-0.4, -0.2) is 101 Å². The summed E-state index contributed by atoms with van der Waals surface area (Å²) in [7, 11) is 1.45. The first-order valence-corrected chi connectivity index (χ1v) is 13.1. The number of halogens is 17. The van der Waals surface area contributed by atoms with Crippen molar-refractivity contribution in [3.8, 4) is 5.75 Å². The zero-order valence-electron chi connectivity index (χ0n) is 24.5. The fourth-order valence-electron chi connectivity index (χ4n) is 3.23. The Kier molecular flexibility index (Phi) is 14.6. The van der Waals surface area contributed by atoms with E-state index in [2.05, 4.69) is 9.47 Å². The fraction of sp³-hybridized carbons (Fsp3) is 0.654. The number of carbonyl (C=O) groups excluding carboxylic acids is 1. The highest BCUT2D eigenvalue weighted by Crippen LogP contribution is 2.62. The second kappa shape index (κ2) is 16.3. The van der Waals surface area contributed by atoms with Gasteiger partial charge in [0.25, 0.3) is 0 Å². The normalized spacial score (nSPS) is 14.4. The molecule has 1 aromatic rings. The van der Waals surface area contributed by atoms with Crippen LogP contribution >= 0.6 is 0 Å². The van der Waals surface area contributed by atoms with Crippen LogP contribution in [0, 0.1) is 0 Å². The van der Waals surface area contributed by atoms with Crippen molar-refractivity contribution in [1.29, 1.82) is 0 Å². The lowest BCUT2D eigenvalue weighted by atomic mass is 9.89. The highest BCUT2D eigenvalue weighted by Gasteiger charge is 2.93. The molecule has 1 rings (SSSR count). The summed E-state index contributed by atoms with van der Waals surface area (Å²) in [6, 6.07) is 6.51. The first kappa shape index (κ1) is 43.9. The van der Waals surface area contributed by atoms with Crippen molar-refractivity contribution in [1.82, 2.24) is 0 Å². The molecule has 0 aliphatic heterocycles. The molecule has 1 aromatic carbocycles. The number of carbonyl (C=O) groups is 1. The van der Waals surface area contributed by atoms with Crippen molar-refractivity contribution in [2.24, 2.45) is 0 Å². The number of benzene rings is 1. The molecule has 0 N–H and O–H groups in total. The van der Waals surface area contributed by atoms with E-state index in [4.69, 9.17) is 14.2 Å². The third-order valence-corrected chi connectivity index (χ3v) is 6.01. The Bertz CT molecular complexity index is 1220. The number of hydrogen-bond donors (Lipinski definition) is 0. The Morgan fingerprint density at radius 1 is 0.592 bits per heavy atom. The smallest absolute Gasteiger partial charge is 0.426 e. The molecule has 0 aliphatic carbocycles.